The molecule has 2 aromatic carbocycles. The SMILES string of the molecule is O=[N+]([O-])c1ccc(S(=O)(=O)N2CCC[C@@]2(CI)c2ccccc2)cc1. The first kappa shape index (κ1) is 18.3. The second-order valence-corrected chi connectivity index (χ2v) is 8.59. The molecule has 0 aliphatic carbocycles. The summed E-state index contributed by atoms with van der Waals surface area (Å²) in [6, 6.07) is 14.8. The quantitative estimate of drug-likeness (QED) is 0.288. The normalized spacial score (nSPS) is 21.3. The lowest BCUT2D eigenvalue weighted by molar-refractivity contribution is -0.384. The number of sulfonamides is 1. The second kappa shape index (κ2) is 7.00. The highest BCUT2D eigenvalue weighted by atomic mass is 127. The van der Waals surface area contributed by atoms with Crippen LogP contribution in [0.3, 0.4) is 0 Å². The molecule has 0 aromatic heterocycles. The largest absolute Gasteiger partial charge is 0.269 e. The number of nitro groups is 1. The molecule has 1 aliphatic heterocycles. The van der Waals surface area contributed by atoms with E-state index in [1.807, 2.05) is 30.3 Å². The van der Waals surface area contributed by atoms with E-state index in [0.717, 1.165) is 18.4 Å². The molecule has 3 rings (SSSR count). The van der Waals surface area contributed by atoms with Gasteiger partial charge in [-0.15, -0.1) is 0 Å². The molecule has 1 heterocycles. The van der Waals surface area contributed by atoms with Gasteiger partial charge in [-0.1, -0.05) is 52.9 Å². The molecule has 0 N–H and O–H groups in total. The van der Waals surface area contributed by atoms with Crippen molar-refractivity contribution in [3.8, 4) is 0 Å². The van der Waals surface area contributed by atoms with Crippen LogP contribution in [0.25, 0.3) is 0 Å². The second-order valence-electron chi connectivity index (χ2n) is 5.96. The third-order valence-electron chi connectivity index (χ3n) is 4.60. The van der Waals surface area contributed by atoms with Gasteiger partial charge in [0, 0.05) is 23.1 Å². The van der Waals surface area contributed by atoms with E-state index < -0.39 is 20.5 Å². The molecule has 132 valence electrons. The van der Waals surface area contributed by atoms with Crippen molar-refractivity contribution < 1.29 is 13.3 Å². The van der Waals surface area contributed by atoms with E-state index in [4.69, 9.17) is 0 Å². The van der Waals surface area contributed by atoms with Crippen molar-refractivity contribution >= 4 is 38.3 Å². The fraction of sp³-hybridized carbons (Fsp3) is 0.294. The van der Waals surface area contributed by atoms with Crippen LogP contribution in [0.1, 0.15) is 18.4 Å². The summed E-state index contributed by atoms with van der Waals surface area (Å²) in [6.07, 6.45) is 1.54. The summed E-state index contributed by atoms with van der Waals surface area (Å²) in [5, 5.41) is 10.8. The van der Waals surface area contributed by atoms with Gasteiger partial charge in [-0.25, -0.2) is 8.42 Å². The van der Waals surface area contributed by atoms with Crippen LogP contribution in [-0.4, -0.2) is 28.6 Å². The molecule has 0 radical (unpaired) electrons. The van der Waals surface area contributed by atoms with Gasteiger partial charge >= 0.3 is 0 Å². The third kappa shape index (κ3) is 3.18. The lowest BCUT2D eigenvalue weighted by Gasteiger charge is -2.36. The van der Waals surface area contributed by atoms with Gasteiger partial charge in [0.25, 0.3) is 5.69 Å². The van der Waals surface area contributed by atoms with Crippen molar-refractivity contribution in [2.45, 2.75) is 23.3 Å². The summed E-state index contributed by atoms with van der Waals surface area (Å²) in [7, 11) is -3.74. The zero-order valence-electron chi connectivity index (χ0n) is 13.3. The smallest absolute Gasteiger partial charge is 0.258 e. The van der Waals surface area contributed by atoms with Crippen molar-refractivity contribution in [2.24, 2.45) is 0 Å². The molecule has 0 amide bonds. The Labute approximate surface area is 160 Å². The Kier molecular flexibility index (Phi) is 5.12. The summed E-state index contributed by atoms with van der Waals surface area (Å²) in [5.41, 5.74) is 0.276. The molecule has 1 aliphatic rings. The first-order valence-corrected chi connectivity index (χ1v) is 10.8. The van der Waals surface area contributed by atoms with Crippen molar-refractivity contribution in [3.05, 3.63) is 70.3 Å². The van der Waals surface area contributed by atoms with E-state index >= 15 is 0 Å². The standard InChI is InChI=1S/C17H17IN2O4S/c18-13-17(14-5-2-1-3-6-14)11-4-12-19(17)25(23,24)16-9-7-15(8-10-16)20(21)22/h1-3,5-10H,4,11-13H2/t17-/m1/s1. The number of non-ortho nitro benzene ring substituents is 1. The number of halogens is 1. The van der Waals surface area contributed by atoms with Crippen molar-refractivity contribution in [1.29, 1.82) is 0 Å². The topological polar surface area (TPSA) is 80.5 Å². The maximum Gasteiger partial charge on any atom is 0.269 e. The minimum Gasteiger partial charge on any atom is -0.258 e. The van der Waals surface area contributed by atoms with Crippen molar-refractivity contribution in [3.63, 3.8) is 0 Å². The summed E-state index contributed by atoms with van der Waals surface area (Å²) in [4.78, 5) is 10.3. The predicted octanol–water partition coefficient (Wildman–Crippen LogP) is 3.71. The van der Waals surface area contributed by atoms with Crippen LogP contribution in [0, 0.1) is 10.1 Å². The summed E-state index contributed by atoms with van der Waals surface area (Å²) in [5.74, 6) is 0. The van der Waals surface area contributed by atoms with Gasteiger partial charge in [-0.05, 0) is 30.5 Å². The molecule has 2 aromatic rings. The highest BCUT2D eigenvalue weighted by Crippen LogP contribution is 2.43. The Morgan fingerprint density at radius 3 is 2.32 bits per heavy atom. The minimum atomic E-state index is -3.74. The van der Waals surface area contributed by atoms with Gasteiger partial charge in [0.15, 0.2) is 0 Å². The lowest BCUT2D eigenvalue weighted by Crippen LogP contribution is -2.46. The zero-order valence-corrected chi connectivity index (χ0v) is 16.3. The van der Waals surface area contributed by atoms with Crippen LogP contribution < -0.4 is 0 Å². The molecule has 0 bridgehead atoms. The van der Waals surface area contributed by atoms with E-state index in [2.05, 4.69) is 22.6 Å². The molecule has 25 heavy (non-hydrogen) atoms. The van der Waals surface area contributed by atoms with Crippen LogP contribution >= 0.6 is 22.6 Å². The number of hydrogen-bond acceptors (Lipinski definition) is 4. The molecular weight excluding hydrogens is 455 g/mol. The van der Waals surface area contributed by atoms with Crippen LogP contribution in [0.15, 0.2) is 59.5 Å². The number of rotatable bonds is 5. The Hall–Kier alpha value is -1.52. The van der Waals surface area contributed by atoms with Gasteiger partial charge in [-0.3, -0.25) is 10.1 Å². The molecule has 1 fully saturated rings. The maximum atomic E-state index is 13.2. The van der Waals surface area contributed by atoms with E-state index in [0.29, 0.717) is 11.0 Å². The lowest BCUT2D eigenvalue weighted by atomic mass is 9.91. The molecular formula is C17H17IN2O4S. The Morgan fingerprint density at radius 1 is 1.12 bits per heavy atom. The molecule has 0 saturated carbocycles. The van der Waals surface area contributed by atoms with Crippen LogP contribution in [0.4, 0.5) is 5.69 Å². The van der Waals surface area contributed by atoms with Crippen LogP contribution in [-0.2, 0) is 15.6 Å². The molecule has 0 spiro atoms. The average molecular weight is 472 g/mol. The van der Waals surface area contributed by atoms with Gasteiger partial charge in [0.1, 0.15) is 0 Å². The van der Waals surface area contributed by atoms with Crippen molar-refractivity contribution in [1.82, 2.24) is 4.31 Å². The monoisotopic (exact) mass is 472 g/mol. The van der Waals surface area contributed by atoms with E-state index in [1.54, 1.807) is 4.31 Å². The first-order valence-electron chi connectivity index (χ1n) is 7.81. The van der Waals surface area contributed by atoms with Crippen LogP contribution in [0.2, 0.25) is 0 Å². The summed E-state index contributed by atoms with van der Waals surface area (Å²) >= 11 is 2.24. The van der Waals surface area contributed by atoms with E-state index in [1.165, 1.54) is 24.3 Å². The Morgan fingerprint density at radius 2 is 1.76 bits per heavy atom. The molecule has 0 unspecified atom stereocenters. The zero-order chi connectivity index (χ0) is 18.1. The number of alkyl halides is 1. The average Bonchev–Trinajstić information content (AvgIpc) is 3.08. The summed E-state index contributed by atoms with van der Waals surface area (Å²) in [6.45, 7) is 0.442. The highest BCUT2D eigenvalue weighted by Gasteiger charge is 2.48. The van der Waals surface area contributed by atoms with E-state index in [-0.39, 0.29) is 10.6 Å². The van der Waals surface area contributed by atoms with Crippen LogP contribution in [0.5, 0.6) is 0 Å². The van der Waals surface area contributed by atoms with Gasteiger partial charge in [0.05, 0.1) is 15.4 Å². The number of hydrogen-bond donors (Lipinski definition) is 0. The predicted molar refractivity (Wildman–Crippen MR) is 103 cm³/mol. The molecule has 6 nitrogen and oxygen atoms in total. The fourth-order valence-corrected chi connectivity index (χ4v) is 6.61. The maximum absolute atomic E-state index is 13.2. The molecule has 1 saturated heterocycles. The number of nitrogens with zero attached hydrogens (tertiary/aromatic N) is 2. The fourth-order valence-electron chi connectivity index (χ4n) is 3.32. The third-order valence-corrected chi connectivity index (χ3v) is 7.84. The molecule has 8 heteroatoms. The molecule has 1 atom stereocenters. The minimum absolute atomic E-state index is 0.0881. The highest BCUT2D eigenvalue weighted by molar-refractivity contribution is 14.1. The first-order chi connectivity index (χ1) is 11.9. The van der Waals surface area contributed by atoms with Gasteiger partial charge in [0.2, 0.25) is 10.0 Å². The van der Waals surface area contributed by atoms with Crippen molar-refractivity contribution in [2.75, 3.05) is 11.0 Å². The van der Waals surface area contributed by atoms with Gasteiger partial charge < -0.3 is 0 Å². The Bertz CT molecular complexity index is 871. The number of nitro benzene ring substituents is 1. The Balaban J connectivity index is 2.05. The van der Waals surface area contributed by atoms with Gasteiger partial charge in [-0.2, -0.15) is 4.31 Å². The summed E-state index contributed by atoms with van der Waals surface area (Å²) < 4.78 is 28.6. The number of benzene rings is 2. The van der Waals surface area contributed by atoms with E-state index in [9.17, 15) is 18.5 Å².